The van der Waals surface area contributed by atoms with Crippen LogP contribution in [0.4, 0.5) is 5.69 Å². The fourth-order valence-electron chi connectivity index (χ4n) is 2.83. The maximum atomic E-state index is 12.9. The predicted octanol–water partition coefficient (Wildman–Crippen LogP) is 3.02. The number of nitrogens with one attached hydrogen (secondary N) is 1. The van der Waals surface area contributed by atoms with Crippen molar-refractivity contribution in [3.63, 3.8) is 0 Å². The molecule has 0 fully saturated rings. The summed E-state index contributed by atoms with van der Waals surface area (Å²) >= 11 is 0. The van der Waals surface area contributed by atoms with Gasteiger partial charge in [0.2, 0.25) is 0 Å². The summed E-state index contributed by atoms with van der Waals surface area (Å²) in [6.07, 6.45) is 0. The van der Waals surface area contributed by atoms with Crippen LogP contribution in [-0.2, 0) is 21.8 Å². The molecule has 2 rings (SSSR count). The van der Waals surface area contributed by atoms with Gasteiger partial charge in [-0.2, -0.15) is 0 Å². The fourth-order valence-corrected chi connectivity index (χ4v) is 4.40. The second-order valence-electron chi connectivity index (χ2n) is 5.73. The number of esters is 1. The van der Waals surface area contributed by atoms with Crippen molar-refractivity contribution in [3.05, 3.63) is 41.2 Å². The van der Waals surface area contributed by atoms with Gasteiger partial charge < -0.3 is 14.0 Å². The van der Waals surface area contributed by atoms with Crippen molar-refractivity contribution >= 4 is 21.7 Å². The molecule has 8 heteroatoms. The average Bonchev–Trinajstić information content (AvgIpc) is 2.79. The molecule has 0 bridgehead atoms. The zero-order valence-electron chi connectivity index (χ0n) is 15.6. The summed E-state index contributed by atoms with van der Waals surface area (Å²) in [5, 5.41) is 0. The van der Waals surface area contributed by atoms with Crippen LogP contribution < -0.4 is 9.46 Å². The van der Waals surface area contributed by atoms with E-state index in [9.17, 15) is 13.2 Å². The first kappa shape index (κ1) is 19.8. The van der Waals surface area contributed by atoms with Gasteiger partial charge in [-0.25, -0.2) is 13.2 Å². The van der Waals surface area contributed by atoms with Crippen molar-refractivity contribution in [1.29, 1.82) is 0 Å². The summed E-state index contributed by atoms with van der Waals surface area (Å²) in [7, 11) is -2.23. The smallest absolute Gasteiger partial charge is 0.355 e. The zero-order chi connectivity index (χ0) is 19.5. The van der Waals surface area contributed by atoms with Crippen LogP contribution in [0.3, 0.4) is 0 Å². The van der Waals surface area contributed by atoms with E-state index in [1.807, 2.05) is 6.92 Å². The van der Waals surface area contributed by atoms with E-state index in [1.54, 1.807) is 56.7 Å². The van der Waals surface area contributed by atoms with Crippen LogP contribution in [0.1, 0.15) is 35.6 Å². The first-order valence-electron chi connectivity index (χ1n) is 8.31. The molecule has 0 spiro atoms. The summed E-state index contributed by atoms with van der Waals surface area (Å²) in [5.74, 6) is 0.116. The molecule has 1 aromatic carbocycles. The van der Waals surface area contributed by atoms with Crippen molar-refractivity contribution < 1.29 is 22.7 Å². The second-order valence-corrected chi connectivity index (χ2v) is 7.35. The first-order valence-corrected chi connectivity index (χ1v) is 9.79. The molecule has 0 atom stereocenters. The van der Waals surface area contributed by atoms with E-state index in [2.05, 4.69) is 4.72 Å². The van der Waals surface area contributed by atoms with Crippen LogP contribution in [0, 0.1) is 13.8 Å². The summed E-state index contributed by atoms with van der Waals surface area (Å²) in [6.45, 7) is 7.58. The number of rotatable bonds is 7. The number of carbonyl (C=O) groups excluding carboxylic acids is 1. The molecule has 0 aliphatic heterocycles. The van der Waals surface area contributed by atoms with Gasteiger partial charge in [-0.3, -0.25) is 4.72 Å². The lowest BCUT2D eigenvalue weighted by molar-refractivity contribution is 0.0514. The van der Waals surface area contributed by atoms with Crippen molar-refractivity contribution in [1.82, 2.24) is 4.57 Å². The highest BCUT2D eigenvalue weighted by Gasteiger charge is 2.29. The maximum Gasteiger partial charge on any atom is 0.355 e. The van der Waals surface area contributed by atoms with Gasteiger partial charge in [0.25, 0.3) is 10.0 Å². The highest BCUT2D eigenvalue weighted by Crippen LogP contribution is 2.28. The molecule has 142 valence electrons. The Bertz CT molecular complexity index is 899. The van der Waals surface area contributed by atoms with Crippen molar-refractivity contribution in [2.24, 2.45) is 7.05 Å². The molecule has 0 aliphatic rings. The monoisotopic (exact) mass is 380 g/mol. The van der Waals surface area contributed by atoms with Crippen LogP contribution in [0.2, 0.25) is 0 Å². The number of sulfonamides is 1. The van der Waals surface area contributed by atoms with E-state index >= 15 is 0 Å². The van der Waals surface area contributed by atoms with E-state index in [-0.39, 0.29) is 17.2 Å². The number of hydrogen-bond donors (Lipinski definition) is 1. The number of benzene rings is 1. The van der Waals surface area contributed by atoms with Crippen LogP contribution in [0.25, 0.3) is 0 Å². The third kappa shape index (κ3) is 3.85. The SMILES string of the molecule is CCOC(=O)c1c(C)c(S(=O)(=O)Nc2ccc(OCC)cc2)c(C)n1C. The minimum atomic E-state index is -3.87. The molecular weight excluding hydrogens is 356 g/mol. The lowest BCUT2D eigenvalue weighted by atomic mass is 10.2. The van der Waals surface area contributed by atoms with E-state index < -0.39 is 16.0 Å². The fraction of sp³-hybridized carbons (Fsp3) is 0.389. The van der Waals surface area contributed by atoms with Crippen LogP contribution in [-0.4, -0.2) is 32.2 Å². The molecule has 2 aromatic rings. The number of ether oxygens (including phenoxy) is 2. The number of hydrogen-bond acceptors (Lipinski definition) is 5. The Hall–Kier alpha value is -2.48. The van der Waals surface area contributed by atoms with E-state index in [0.29, 0.717) is 29.3 Å². The molecule has 26 heavy (non-hydrogen) atoms. The Kier molecular flexibility index (Phi) is 5.97. The minimum absolute atomic E-state index is 0.0805. The third-order valence-corrected chi connectivity index (χ3v) is 5.66. The van der Waals surface area contributed by atoms with Gasteiger partial charge in [-0.1, -0.05) is 0 Å². The largest absolute Gasteiger partial charge is 0.494 e. The molecular formula is C18H24N2O5S. The number of carbonyl (C=O) groups is 1. The van der Waals surface area contributed by atoms with E-state index in [4.69, 9.17) is 9.47 Å². The number of nitrogens with zero attached hydrogens (tertiary/aromatic N) is 1. The Labute approximate surface area is 154 Å². The van der Waals surface area contributed by atoms with Gasteiger partial charge in [0.05, 0.1) is 13.2 Å². The van der Waals surface area contributed by atoms with Crippen molar-refractivity contribution in [3.8, 4) is 5.75 Å². The van der Waals surface area contributed by atoms with Crippen molar-refractivity contribution in [2.45, 2.75) is 32.6 Å². The van der Waals surface area contributed by atoms with Gasteiger partial charge in [0.1, 0.15) is 16.3 Å². The summed E-state index contributed by atoms with van der Waals surface area (Å²) in [4.78, 5) is 12.2. The molecule has 7 nitrogen and oxygen atoms in total. The summed E-state index contributed by atoms with van der Waals surface area (Å²) < 4.78 is 40.3. The van der Waals surface area contributed by atoms with Gasteiger partial charge >= 0.3 is 5.97 Å². The van der Waals surface area contributed by atoms with E-state index in [1.165, 1.54) is 0 Å². The molecule has 0 unspecified atom stereocenters. The summed E-state index contributed by atoms with van der Waals surface area (Å²) in [6, 6.07) is 6.64. The number of anilines is 1. The lowest BCUT2D eigenvalue weighted by Gasteiger charge is -2.10. The van der Waals surface area contributed by atoms with Gasteiger partial charge in [0, 0.05) is 24.0 Å². The zero-order valence-corrected chi connectivity index (χ0v) is 16.4. The number of aromatic nitrogens is 1. The molecule has 1 aromatic heterocycles. The Morgan fingerprint density at radius 2 is 1.73 bits per heavy atom. The maximum absolute atomic E-state index is 12.9. The molecule has 0 saturated heterocycles. The third-order valence-electron chi connectivity index (χ3n) is 4.02. The molecule has 0 aliphatic carbocycles. The van der Waals surface area contributed by atoms with Gasteiger partial charge in [-0.15, -0.1) is 0 Å². The highest BCUT2D eigenvalue weighted by atomic mass is 32.2. The van der Waals surface area contributed by atoms with Gasteiger partial charge in [0.15, 0.2) is 0 Å². The Morgan fingerprint density at radius 3 is 2.27 bits per heavy atom. The first-order chi connectivity index (χ1) is 12.2. The second kappa shape index (κ2) is 7.82. The Morgan fingerprint density at radius 1 is 1.12 bits per heavy atom. The Balaban J connectivity index is 2.40. The van der Waals surface area contributed by atoms with Crippen LogP contribution in [0.5, 0.6) is 5.75 Å². The molecule has 0 saturated carbocycles. The highest BCUT2D eigenvalue weighted by molar-refractivity contribution is 7.92. The molecule has 1 heterocycles. The van der Waals surface area contributed by atoms with Crippen molar-refractivity contribution in [2.75, 3.05) is 17.9 Å². The topological polar surface area (TPSA) is 86.6 Å². The standard InChI is InChI=1S/C18H24N2O5S/c1-6-24-15-10-8-14(9-11-15)19-26(22,23)17-12(3)16(18(21)25-7-2)20(5)13(17)4/h8-11,19H,6-7H2,1-5H3. The summed E-state index contributed by atoms with van der Waals surface area (Å²) in [5.41, 5.74) is 1.47. The molecule has 0 radical (unpaired) electrons. The average molecular weight is 380 g/mol. The normalized spacial score (nSPS) is 11.3. The molecule has 1 N–H and O–H groups in total. The quantitative estimate of drug-likeness (QED) is 0.746. The van der Waals surface area contributed by atoms with Crippen LogP contribution >= 0.6 is 0 Å². The van der Waals surface area contributed by atoms with Gasteiger partial charge in [-0.05, 0) is 52.0 Å². The minimum Gasteiger partial charge on any atom is -0.494 e. The molecule has 0 amide bonds. The predicted molar refractivity (Wildman–Crippen MR) is 99.3 cm³/mol. The van der Waals surface area contributed by atoms with E-state index in [0.717, 1.165) is 0 Å². The lowest BCUT2D eigenvalue weighted by Crippen LogP contribution is -2.15. The van der Waals surface area contributed by atoms with Crippen LogP contribution in [0.15, 0.2) is 29.2 Å².